The first-order valence-corrected chi connectivity index (χ1v) is 7.91. The van der Waals surface area contributed by atoms with Crippen LogP contribution < -0.4 is 5.73 Å². The highest BCUT2D eigenvalue weighted by Gasteiger charge is 2.46. The second kappa shape index (κ2) is 5.76. The van der Waals surface area contributed by atoms with Crippen molar-refractivity contribution in [2.75, 3.05) is 19.6 Å². The molecule has 0 bridgehead atoms. The number of likely N-dealkylation sites (tertiary alicyclic amines) is 1. The van der Waals surface area contributed by atoms with Crippen LogP contribution in [0.5, 0.6) is 0 Å². The predicted octanol–water partition coefficient (Wildman–Crippen LogP) is 2.44. The molecule has 21 heavy (non-hydrogen) atoms. The lowest BCUT2D eigenvalue weighted by Gasteiger charge is -2.33. The van der Waals surface area contributed by atoms with Crippen LogP contribution in [0.3, 0.4) is 0 Å². The van der Waals surface area contributed by atoms with Crippen LogP contribution in [-0.2, 0) is 10.2 Å². The van der Waals surface area contributed by atoms with Gasteiger partial charge in [-0.1, -0.05) is 25.0 Å². The molecule has 1 aromatic rings. The van der Waals surface area contributed by atoms with Crippen molar-refractivity contribution in [3.8, 4) is 0 Å². The van der Waals surface area contributed by atoms with Gasteiger partial charge in [0.05, 0.1) is 5.41 Å². The van der Waals surface area contributed by atoms with Gasteiger partial charge in [-0.15, -0.1) is 0 Å². The number of benzene rings is 1. The van der Waals surface area contributed by atoms with Crippen molar-refractivity contribution in [3.05, 3.63) is 35.6 Å². The second-order valence-corrected chi connectivity index (χ2v) is 6.44. The lowest BCUT2D eigenvalue weighted by atomic mass is 9.77. The molecule has 1 amide bonds. The molecule has 1 saturated carbocycles. The molecule has 1 aliphatic carbocycles. The summed E-state index contributed by atoms with van der Waals surface area (Å²) in [7, 11) is 0. The van der Waals surface area contributed by atoms with E-state index in [1.807, 2.05) is 4.90 Å². The highest BCUT2D eigenvalue weighted by molar-refractivity contribution is 5.89. The molecule has 4 heteroatoms. The van der Waals surface area contributed by atoms with Crippen LogP contribution in [0.2, 0.25) is 0 Å². The normalized spacial score (nSPS) is 24.5. The maximum atomic E-state index is 13.2. The first kappa shape index (κ1) is 14.5. The van der Waals surface area contributed by atoms with E-state index in [2.05, 4.69) is 0 Å². The van der Waals surface area contributed by atoms with Crippen molar-refractivity contribution >= 4 is 5.91 Å². The lowest BCUT2D eigenvalue weighted by Crippen LogP contribution is -2.44. The summed E-state index contributed by atoms with van der Waals surface area (Å²) >= 11 is 0. The average molecular weight is 290 g/mol. The van der Waals surface area contributed by atoms with E-state index in [0.29, 0.717) is 12.5 Å². The molecule has 1 aliphatic heterocycles. The van der Waals surface area contributed by atoms with E-state index in [9.17, 15) is 9.18 Å². The molecule has 3 rings (SSSR count). The highest BCUT2D eigenvalue weighted by Crippen LogP contribution is 2.43. The van der Waals surface area contributed by atoms with Crippen LogP contribution in [0.15, 0.2) is 24.3 Å². The number of nitrogens with two attached hydrogens (primary N) is 1. The minimum Gasteiger partial charge on any atom is -0.342 e. The van der Waals surface area contributed by atoms with Gasteiger partial charge in [-0.3, -0.25) is 4.79 Å². The van der Waals surface area contributed by atoms with Crippen molar-refractivity contribution in [2.24, 2.45) is 11.7 Å². The van der Waals surface area contributed by atoms with Crippen LogP contribution >= 0.6 is 0 Å². The Hall–Kier alpha value is -1.42. The van der Waals surface area contributed by atoms with E-state index in [0.717, 1.165) is 50.8 Å². The van der Waals surface area contributed by atoms with Gasteiger partial charge in [-0.05, 0) is 49.4 Å². The number of amides is 1. The van der Waals surface area contributed by atoms with Crippen molar-refractivity contribution in [1.29, 1.82) is 0 Å². The molecular formula is C17H23FN2O. The van der Waals surface area contributed by atoms with E-state index in [1.54, 1.807) is 12.1 Å². The molecule has 2 aliphatic rings. The van der Waals surface area contributed by atoms with Crippen LogP contribution in [-0.4, -0.2) is 30.4 Å². The van der Waals surface area contributed by atoms with E-state index in [4.69, 9.17) is 5.73 Å². The smallest absolute Gasteiger partial charge is 0.233 e. The van der Waals surface area contributed by atoms with Gasteiger partial charge in [0, 0.05) is 13.1 Å². The summed E-state index contributed by atoms with van der Waals surface area (Å²) in [6.45, 7) is 2.23. The molecule has 0 spiro atoms. The summed E-state index contributed by atoms with van der Waals surface area (Å²) in [5.74, 6) is 0.409. The molecule has 3 nitrogen and oxygen atoms in total. The van der Waals surface area contributed by atoms with Gasteiger partial charge < -0.3 is 10.6 Å². The number of nitrogens with zero attached hydrogens (tertiary/aromatic N) is 1. The zero-order valence-electron chi connectivity index (χ0n) is 12.4. The topological polar surface area (TPSA) is 46.3 Å². The second-order valence-electron chi connectivity index (χ2n) is 6.44. The summed E-state index contributed by atoms with van der Waals surface area (Å²) in [5, 5.41) is 0. The summed E-state index contributed by atoms with van der Waals surface area (Å²) in [4.78, 5) is 15.1. The molecule has 2 fully saturated rings. The maximum Gasteiger partial charge on any atom is 0.233 e. The fourth-order valence-corrected chi connectivity index (χ4v) is 3.89. The Kier molecular flexibility index (Phi) is 3.98. The van der Waals surface area contributed by atoms with Crippen LogP contribution in [0.25, 0.3) is 0 Å². The molecule has 0 radical (unpaired) electrons. The van der Waals surface area contributed by atoms with Gasteiger partial charge in [0.25, 0.3) is 0 Å². The first-order chi connectivity index (χ1) is 10.2. The SMILES string of the molecule is NCC1CCN(C(=O)C2(c3ccc(F)cc3)CCCC2)C1. The molecule has 0 aromatic heterocycles. The highest BCUT2D eigenvalue weighted by atomic mass is 19.1. The van der Waals surface area contributed by atoms with Crippen molar-refractivity contribution in [2.45, 2.75) is 37.5 Å². The molecule has 1 unspecified atom stereocenters. The van der Waals surface area contributed by atoms with E-state index < -0.39 is 5.41 Å². The minimum atomic E-state index is -0.433. The molecular weight excluding hydrogens is 267 g/mol. The van der Waals surface area contributed by atoms with Crippen molar-refractivity contribution < 1.29 is 9.18 Å². The summed E-state index contributed by atoms with van der Waals surface area (Å²) in [5.41, 5.74) is 6.27. The average Bonchev–Trinajstić information content (AvgIpc) is 3.17. The Balaban J connectivity index is 1.87. The lowest BCUT2D eigenvalue weighted by molar-refractivity contribution is -0.136. The van der Waals surface area contributed by atoms with Crippen molar-refractivity contribution in [3.63, 3.8) is 0 Å². The Morgan fingerprint density at radius 1 is 1.29 bits per heavy atom. The Labute approximate surface area is 125 Å². The fraction of sp³-hybridized carbons (Fsp3) is 0.588. The zero-order valence-corrected chi connectivity index (χ0v) is 12.4. The predicted molar refractivity (Wildman–Crippen MR) is 80.3 cm³/mol. The third kappa shape index (κ3) is 2.57. The molecule has 2 N–H and O–H groups in total. The van der Waals surface area contributed by atoms with E-state index >= 15 is 0 Å². The maximum absolute atomic E-state index is 13.2. The van der Waals surface area contributed by atoms with E-state index in [1.165, 1.54) is 12.1 Å². The first-order valence-electron chi connectivity index (χ1n) is 7.91. The summed E-state index contributed by atoms with van der Waals surface area (Å²) < 4.78 is 13.2. The Bertz CT molecular complexity index is 508. The number of hydrogen-bond donors (Lipinski definition) is 1. The zero-order chi connectivity index (χ0) is 14.9. The van der Waals surface area contributed by atoms with Crippen LogP contribution in [0, 0.1) is 11.7 Å². The van der Waals surface area contributed by atoms with Crippen LogP contribution in [0.1, 0.15) is 37.7 Å². The largest absolute Gasteiger partial charge is 0.342 e. The fourth-order valence-electron chi connectivity index (χ4n) is 3.89. The molecule has 1 aromatic carbocycles. The van der Waals surface area contributed by atoms with E-state index in [-0.39, 0.29) is 11.7 Å². The van der Waals surface area contributed by atoms with Gasteiger partial charge >= 0.3 is 0 Å². The number of hydrogen-bond acceptors (Lipinski definition) is 2. The molecule has 1 saturated heterocycles. The van der Waals surface area contributed by atoms with Crippen molar-refractivity contribution in [1.82, 2.24) is 4.90 Å². The summed E-state index contributed by atoms with van der Waals surface area (Å²) in [6.07, 6.45) is 4.89. The quantitative estimate of drug-likeness (QED) is 0.929. The molecule has 114 valence electrons. The number of carbonyl (C=O) groups is 1. The third-order valence-corrected chi connectivity index (χ3v) is 5.17. The molecule has 1 atom stereocenters. The van der Waals surface area contributed by atoms with Gasteiger partial charge in [0.1, 0.15) is 5.82 Å². The van der Waals surface area contributed by atoms with Crippen LogP contribution in [0.4, 0.5) is 4.39 Å². The number of rotatable bonds is 3. The summed E-state index contributed by atoms with van der Waals surface area (Å²) in [6, 6.07) is 6.51. The van der Waals surface area contributed by atoms with Gasteiger partial charge in [0.15, 0.2) is 0 Å². The van der Waals surface area contributed by atoms with Gasteiger partial charge in [0.2, 0.25) is 5.91 Å². The number of carbonyl (C=O) groups excluding carboxylic acids is 1. The monoisotopic (exact) mass is 290 g/mol. The number of halogens is 1. The van der Waals surface area contributed by atoms with Gasteiger partial charge in [-0.25, -0.2) is 4.39 Å². The molecule has 1 heterocycles. The van der Waals surface area contributed by atoms with Gasteiger partial charge in [-0.2, -0.15) is 0 Å². The standard InChI is InChI=1S/C17H23FN2O/c18-15-5-3-14(4-6-15)17(8-1-2-9-17)16(21)20-10-7-13(11-19)12-20/h3-6,13H,1-2,7-12,19H2. The third-order valence-electron chi connectivity index (χ3n) is 5.17. The Morgan fingerprint density at radius 2 is 1.95 bits per heavy atom. The minimum absolute atomic E-state index is 0.225. The Morgan fingerprint density at radius 3 is 2.52 bits per heavy atom.